The molecule has 0 saturated carbocycles. The number of methoxy groups -OCH3 is 1. The van der Waals surface area contributed by atoms with Crippen molar-refractivity contribution in [1.82, 2.24) is 4.98 Å². The van der Waals surface area contributed by atoms with E-state index in [1.165, 1.54) is 6.20 Å². The van der Waals surface area contributed by atoms with Gasteiger partial charge in [0.05, 0.1) is 25.9 Å². The van der Waals surface area contributed by atoms with Gasteiger partial charge in [0.1, 0.15) is 11.6 Å². The van der Waals surface area contributed by atoms with Gasteiger partial charge in [-0.3, -0.25) is 4.79 Å². The number of benzene rings is 2. The molecule has 1 aromatic heterocycles. The highest BCUT2D eigenvalue weighted by molar-refractivity contribution is 5.98. The average molecular weight is 447 g/mol. The lowest BCUT2D eigenvalue weighted by molar-refractivity contribution is -0.125. The quantitative estimate of drug-likeness (QED) is 0.555. The van der Waals surface area contributed by atoms with Crippen LogP contribution in [0, 0.1) is 0 Å². The first-order valence-corrected chi connectivity index (χ1v) is 10.6. The summed E-state index contributed by atoms with van der Waals surface area (Å²) in [5.74, 6) is 0.353. The van der Waals surface area contributed by atoms with Gasteiger partial charge >= 0.3 is 5.97 Å². The Bertz CT molecular complexity index is 1070. The van der Waals surface area contributed by atoms with Gasteiger partial charge in [0.15, 0.2) is 0 Å². The molecule has 33 heavy (non-hydrogen) atoms. The molecular weight excluding hydrogens is 422 g/mol. The molecule has 1 fully saturated rings. The summed E-state index contributed by atoms with van der Waals surface area (Å²) in [6.07, 6.45) is 0.344. The van der Waals surface area contributed by atoms with Crippen molar-refractivity contribution >= 4 is 23.4 Å². The first-order chi connectivity index (χ1) is 16.1. The van der Waals surface area contributed by atoms with Crippen molar-refractivity contribution in [2.24, 2.45) is 0 Å². The van der Waals surface area contributed by atoms with Gasteiger partial charge < -0.3 is 24.4 Å². The number of anilines is 2. The summed E-state index contributed by atoms with van der Waals surface area (Å²) >= 11 is 0. The van der Waals surface area contributed by atoms with E-state index < -0.39 is 18.0 Å². The van der Waals surface area contributed by atoms with Gasteiger partial charge in [-0.25, -0.2) is 9.78 Å². The molecule has 1 aliphatic heterocycles. The molecule has 1 unspecified atom stereocenters. The fourth-order valence-corrected chi connectivity index (χ4v) is 3.44. The number of hydrogen-bond acceptors (Lipinski definition) is 7. The van der Waals surface area contributed by atoms with Crippen LogP contribution in [0.25, 0.3) is 0 Å². The zero-order valence-electron chi connectivity index (χ0n) is 18.3. The number of carbonyl (C=O) groups excluding carboxylic acids is 2. The van der Waals surface area contributed by atoms with E-state index in [2.05, 4.69) is 15.2 Å². The van der Waals surface area contributed by atoms with E-state index >= 15 is 0 Å². The van der Waals surface area contributed by atoms with Gasteiger partial charge in [-0.05, 0) is 36.4 Å². The Morgan fingerprint density at radius 3 is 2.36 bits per heavy atom. The summed E-state index contributed by atoms with van der Waals surface area (Å²) in [6.45, 7) is 2.79. The second kappa shape index (κ2) is 10.6. The number of aromatic nitrogens is 1. The van der Waals surface area contributed by atoms with Crippen LogP contribution in [0.1, 0.15) is 22.0 Å². The maximum Gasteiger partial charge on any atom is 0.340 e. The van der Waals surface area contributed by atoms with Crippen molar-refractivity contribution in [3.63, 3.8) is 0 Å². The zero-order chi connectivity index (χ0) is 23.0. The predicted molar refractivity (Wildman–Crippen MR) is 123 cm³/mol. The molecule has 1 N–H and O–H groups in total. The van der Waals surface area contributed by atoms with Crippen LogP contribution < -0.4 is 15.0 Å². The summed E-state index contributed by atoms with van der Waals surface area (Å²) in [7, 11) is 1.57. The second-order valence-electron chi connectivity index (χ2n) is 7.42. The topological polar surface area (TPSA) is 90.0 Å². The van der Waals surface area contributed by atoms with Crippen LogP contribution in [0.4, 0.5) is 11.5 Å². The molecule has 0 aliphatic carbocycles. The largest absolute Gasteiger partial charge is 0.497 e. The van der Waals surface area contributed by atoms with Crippen molar-refractivity contribution < 1.29 is 23.8 Å². The van der Waals surface area contributed by atoms with Crippen molar-refractivity contribution in [2.45, 2.75) is 6.10 Å². The highest BCUT2D eigenvalue weighted by Crippen LogP contribution is 2.23. The molecule has 0 spiro atoms. The van der Waals surface area contributed by atoms with E-state index in [9.17, 15) is 9.59 Å². The number of pyridine rings is 1. The molecule has 2 aromatic carbocycles. The van der Waals surface area contributed by atoms with Crippen LogP contribution in [0.3, 0.4) is 0 Å². The highest BCUT2D eigenvalue weighted by Gasteiger charge is 2.26. The van der Waals surface area contributed by atoms with Gasteiger partial charge in [0.25, 0.3) is 5.91 Å². The minimum atomic E-state index is -1.13. The Labute approximate surface area is 192 Å². The zero-order valence-corrected chi connectivity index (χ0v) is 18.3. The molecular formula is C25H25N3O5. The third kappa shape index (κ3) is 5.67. The lowest BCUT2D eigenvalue weighted by Crippen LogP contribution is -2.36. The Balaban J connectivity index is 1.48. The summed E-state index contributed by atoms with van der Waals surface area (Å²) < 4.78 is 16.1. The van der Waals surface area contributed by atoms with Crippen molar-refractivity contribution in [3.05, 3.63) is 84.1 Å². The van der Waals surface area contributed by atoms with Crippen LogP contribution in [-0.4, -0.2) is 50.3 Å². The van der Waals surface area contributed by atoms with Gasteiger partial charge in [-0.2, -0.15) is 0 Å². The van der Waals surface area contributed by atoms with Crippen LogP contribution in [0.5, 0.6) is 5.75 Å². The summed E-state index contributed by atoms with van der Waals surface area (Å²) in [6, 6.07) is 19.2. The van der Waals surface area contributed by atoms with Gasteiger partial charge in [-0.15, -0.1) is 0 Å². The monoisotopic (exact) mass is 447 g/mol. The number of carbonyl (C=O) groups is 2. The van der Waals surface area contributed by atoms with Crippen LogP contribution >= 0.6 is 0 Å². The standard InChI is InChI=1S/C25H25N3O5/c1-31-21-10-8-20(9-11-21)27-24(29)23(18-5-3-2-4-6-18)33-25(30)19-7-12-22(26-17-19)28-13-15-32-16-14-28/h2-12,17,23H,13-16H2,1H3,(H,27,29). The van der Waals surface area contributed by atoms with Crippen molar-refractivity contribution in [2.75, 3.05) is 43.6 Å². The highest BCUT2D eigenvalue weighted by atomic mass is 16.5. The van der Waals surface area contributed by atoms with E-state index in [1.807, 2.05) is 6.07 Å². The predicted octanol–water partition coefficient (Wildman–Crippen LogP) is 3.46. The number of morpholine rings is 1. The fraction of sp³-hybridized carbons (Fsp3) is 0.240. The fourth-order valence-electron chi connectivity index (χ4n) is 3.44. The Morgan fingerprint density at radius 2 is 1.73 bits per heavy atom. The molecule has 170 valence electrons. The lowest BCUT2D eigenvalue weighted by Gasteiger charge is -2.27. The molecule has 4 rings (SSSR count). The summed E-state index contributed by atoms with van der Waals surface area (Å²) in [5.41, 5.74) is 1.40. The van der Waals surface area contributed by atoms with Crippen molar-refractivity contribution in [1.29, 1.82) is 0 Å². The normalized spacial score (nSPS) is 14.3. The number of nitrogens with one attached hydrogen (secondary N) is 1. The third-order valence-corrected chi connectivity index (χ3v) is 5.24. The summed E-state index contributed by atoms with van der Waals surface area (Å²) in [4.78, 5) is 32.4. The lowest BCUT2D eigenvalue weighted by atomic mass is 10.1. The molecule has 2 heterocycles. The minimum Gasteiger partial charge on any atom is -0.497 e. The number of hydrogen-bond donors (Lipinski definition) is 1. The van der Waals surface area contributed by atoms with Gasteiger partial charge in [-0.1, -0.05) is 30.3 Å². The number of esters is 1. The number of amides is 1. The van der Waals surface area contributed by atoms with E-state index in [4.69, 9.17) is 14.2 Å². The molecule has 1 saturated heterocycles. The van der Waals surface area contributed by atoms with Crippen molar-refractivity contribution in [3.8, 4) is 5.75 Å². The van der Waals surface area contributed by atoms with E-state index in [0.29, 0.717) is 30.2 Å². The summed E-state index contributed by atoms with van der Waals surface area (Å²) in [5, 5.41) is 2.79. The molecule has 1 aliphatic rings. The smallest absolute Gasteiger partial charge is 0.340 e. The molecule has 8 heteroatoms. The Kier molecular flexibility index (Phi) is 7.16. The molecule has 3 aromatic rings. The van der Waals surface area contributed by atoms with E-state index in [0.717, 1.165) is 18.9 Å². The van der Waals surface area contributed by atoms with Crippen LogP contribution in [0.2, 0.25) is 0 Å². The van der Waals surface area contributed by atoms with Crippen LogP contribution in [-0.2, 0) is 14.3 Å². The molecule has 0 bridgehead atoms. The average Bonchev–Trinajstić information content (AvgIpc) is 2.88. The van der Waals surface area contributed by atoms with Gasteiger partial charge in [0.2, 0.25) is 6.10 Å². The molecule has 1 amide bonds. The second-order valence-corrected chi connectivity index (χ2v) is 7.42. The number of nitrogens with zero attached hydrogens (tertiary/aromatic N) is 2. The van der Waals surface area contributed by atoms with Gasteiger partial charge in [0, 0.05) is 30.5 Å². The van der Waals surface area contributed by atoms with E-state index in [-0.39, 0.29) is 5.56 Å². The SMILES string of the molecule is COc1ccc(NC(=O)C(OC(=O)c2ccc(N3CCOCC3)nc2)c2ccccc2)cc1. The molecule has 0 radical (unpaired) electrons. The maximum absolute atomic E-state index is 13.0. The first-order valence-electron chi connectivity index (χ1n) is 10.6. The number of ether oxygens (including phenoxy) is 3. The Hall–Kier alpha value is -3.91. The molecule has 1 atom stereocenters. The van der Waals surface area contributed by atoms with E-state index in [1.54, 1.807) is 67.8 Å². The first kappa shape index (κ1) is 22.3. The number of rotatable bonds is 7. The minimum absolute atomic E-state index is 0.269. The third-order valence-electron chi connectivity index (χ3n) is 5.24. The maximum atomic E-state index is 13.0. The van der Waals surface area contributed by atoms with Crippen LogP contribution in [0.15, 0.2) is 72.9 Å². The Morgan fingerprint density at radius 1 is 1.00 bits per heavy atom. The molecule has 8 nitrogen and oxygen atoms in total.